The molecular formula is C25H43F3N2. The monoisotopic (exact) mass is 428 g/mol. The number of likely N-dealkylation sites (N-methyl/N-ethyl adjacent to an activating group) is 1. The molecule has 1 aromatic rings. The molecule has 0 saturated carbocycles. The van der Waals surface area contributed by atoms with E-state index in [2.05, 4.69) is 51.5 Å². The molecule has 2 nitrogen and oxygen atoms in total. The van der Waals surface area contributed by atoms with E-state index in [1.165, 1.54) is 19.3 Å². The van der Waals surface area contributed by atoms with Gasteiger partial charge in [-0.15, -0.1) is 0 Å². The number of alkyl halides is 3. The van der Waals surface area contributed by atoms with Gasteiger partial charge in [0.25, 0.3) is 0 Å². The number of unbranched alkanes of at least 4 members (excludes halogenated alkanes) is 2. The van der Waals surface area contributed by atoms with Crippen LogP contribution in [0.4, 0.5) is 13.2 Å². The smallest absolute Gasteiger partial charge is 0.301 e. The largest absolute Gasteiger partial charge is 0.393 e. The molecular weight excluding hydrogens is 385 g/mol. The van der Waals surface area contributed by atoms with Crippen LogP contribution in [0.25, 0.3) is 0 Å². The van der Waals surface area contributed by atoms with E-state index in [9.17, 15) is 13.2 Å². The summed E-state index contributed by atoms with van der Waals surface area (Å²) in [5.74, 6) is 0.713. The highest BCUT2D eigenvalue weighted by Gasteiger charge is 2.29. The molecule has 3 unspecified atom stereocenters. The average Bonchev–Trinajstić information content (AvgIpc) is 2.68. The summed E-state index contributed by atoms with van der Waals surface area (Å²) >= 11 is 0. The Hall–Kier alpha value is -1.07. The van der Waals surface area contributed by atoms with Crippen molar-refractivity contribution in [3.8, 4) is 0 Å². The average molecular weight is 429 g/mol. The Morgan fingerprint density at radius 2 is 1.77 bits per heavy atom. The minimum atomic E-state index is -4.16. The molecule has 0 N–H and O–H groups in total. The van der Waals surface area contributed by atoms with Crippen molar-refractivity contribution in [1.82, 2.24) is 9.80 Å². The van der Waals surface area contributed by atoms with E-state index in [1.807, 2.05) is 6.07 Å². The molecule has 0 radical (unpaired) electrons. The van der Waals surface area contributed by atoms with Crippen LogP contribution in [0.3, 0.4) is 0 Å². The summed E-state index contributed by atoms with van der Waals surface area (Å²) in [5, 5.41) is 0. The van der Waals surface area contributed by atoms with Crippen molar-refractivity contribution in [3.63, 3.8) is 0 Å². The van der Waals surface area contributed by atoms with Crippen LogP contribution in [0.2, 0.25) is 0 Å². The fourth-order valence-corrected chi connectivity index (χ4v) is 3.99. The Morgan fingerprint density at radius 1 is 1.10 bits per heavy atom. The summed E-state index contributed by atoms with van der Waals surface area (Å²) in [6, 6.07) is 7.64. The SMILES string of the molecule is CCC(C)C(CN1CCN(C)C(C)C1)c1cccc(CC(F)(F)F)c1.CCCCC. The van der Waals surface area contributed by atoms with Crippen molar-refractivity contribution < 1.29 is 13.2 Å². The first-order valence-corrected chi connectivity index (χ1v) is 11.7. The van der Waals surface area contributed by atoms with E-state index >= 15 is 0 Å². The second-order valence-electron chi connectivity index (χ2n) is 8.97. The van der Waals surface area contributed by atoms with Crippen molar-refractivity contribution in [2.75, 3.05) is 33.2 Å². The molecule has 1 aliphatic heterocycles. The lowest BCUT2D eigenvalue weighted by molar-refractivity contribution is -0.127. The standard InChI is InChI=1S/C20H31F3N2.C5H12/c1-5-15(2)19(14-25-10-9-24(4)16(3)13-25)18-8-6-7-17(11-18)12-20(21,22)23;1-3-5-4-2/h6-8,11,15-16,19H,5,9-10,12-14H2,1-4H3;3-5H2,1-2H3. The van der Waals surface area contributed by atoms with E-state index in [0.29, 0.717) is 17.5 Å². The van der Waals surface area contributed by atoms with Gasteiger partial charge >= 0.3 is 6.18 Å². The van der Waals surface area contributed by atoms with Gasteiger partial charge in [-0.3, -0.25) is 4.90 Å². The second-order valence-corrected chi connectivity index (χ2v) is 8.97. The number of piperazine rings is 1. The van der Waals surface area contributed by atoms with Crippen molar-refractivity contribution in [2.45, 2.75) is 84.9 Å². The molecule has 0 spiro atoms. The van der Waals surface area contributed by atoms with E-state index in [4.69, 9.17) is 0 Å². The van der Waals surface area contributed by atoms with Crippen LogP contribution in [0.5, 0.6) is 0 Å². The fraction of sp³-hybridized carbons (Fsp3) is 0.760. The predicted molar refractivity (Wildman–Crippen MR) is 122 cm³/mol. The normalized spacial score (nSPS) is 20.4. The maximum Gasteiger partial charge on any atom is 0.393 e. The molecule has 1 aliphatic rings. The number of rotatable bonds is 8. The van der Waals surface area contributed by atoms with Crippen molar-refractivity contribution >= 4 is 0 Å². The van der Waals surface area contributed by atoms with Crippen molar-refractivity contribution in [3.05, 3.63) is 35.4 Å². The molecule has 1 aromatic carbocycles. The van der Waals surface area contributed by atoms with Crippen LogP contribution in [-0.2, 0) is 6.42 Å². The first-order valence-electron chi connectivity index (χ1n) is 11.7. The van der Waals surface area contributed by atoms with Gasteiger partial charge in [0.15, 0.2) is 0 Å². The van der Waals surface area contributed by atoms with Gasteiger partial charge in [-0.2, -0.15) is 13.2 Å². The first kappa shape index (κ1) is 27.0. The molecule has 1 fully saturated rings. The zero-order valence-electron chi connectivity index (χ0n) is 19.9. The van der Waals surface area contributed by atoms with Crippen LogP contribution in [0.15, 0.2) is 24.3 Å². The number of nitrogens with zero attached hydrogens (tertiary/aromatic N) is 2. The zero-order valence-corrected chi connectivity index (χ0v) is 19.9. The Balaban J connectivity index is 0.000000804. The van der Waals surface area contributed by atoms with E-state index < -0.39 is 12.6 Å². The Morgan fingerprint density at radius 3 is 2.27 bits per heavy atom. The summed E-state index contributed by atoms with van der Waals surface area (Å²) in [4.78, 5) is 4.83. The summed E-state index contributed by atoms with van der Waals surface area (Å²) < 4.78 is 38.2. The number of benzene rings is 1. The summed E-state index contributed by atoms with van der Waals surface area (Å²) in [6.45, 7) is 15.0. The minimum Gasteiger partial charge on any atom is -0.301 e. The van der Waals surface area contributed by atoms with Gasteiger partial charge in [-0.25, -0.2) is 0 Å². The Kier molecular flexibility index (Phi) is 12.0. The third kappa shape index (κ3) is 9.82. The molecule has 1 heterocycles. The molecule has 1 saturated heterocycles. The molecule has 0 aromatic heterocycles. The topological polar surface area (TPSA) is 6.48 Å². The lowest BCUT2D eigenvalue weighted by Gasteiger charge is -2.40. The van der Waals surface area contributed by atoms with Gasteiger partial charge in [0, 0.05) is 32.2 Å². The van der Waals surface area contributed by atoms with Crippen molar-refractivity contribution in [2.24, 2.45) is 5.92 Å². The lowest BCUT2D eigenvalue weighted by atomic mass is 9.84. The highest BCUT2D eigenvalue weighted by atomic mass is 19.4. The first-order chi connectivity index (χ1) is 14.1. The number of halogens is 3. The summed E-state index contributed by atoms with van der Waals surface area (Å²) in [6.07, 6.45) is 0.0987. The molecule has 174 valence electrons. The van der Waals surface area contributed by atoms with E-state index in [1.54, 1.807) is 18.2 Å². The Labute approximate surface area is 182 Å². The van der Waals surface area contributed by atoms with Crippen LogP contribution >= 0.6 is 0 Å². The minimum absolute atomic E-state index is 0.272. The third-order valence-corrected chi connectivity index (χ3v) is 6.32. The van der Waals surface area contributed by atoms with Gasteiger partial charge in [0.1, 0.15) is 0 Å². The Bertz CT molecular complexity index is 586. The zero-order chi connectivity index (χ0) is 22.7. The quantitative estimate of drug-likeness (QED) is 0.452. The molecule has 2 rings (SSSR count). The van der Waals surface area contributed by atoms with Gasteiger partial charge in [-0.1, -0.05) is 77.6 Å². The molecule has 0 amide bonds. The number of hydrogen-bond donors (Lipinski definition) is 0. The second kappa shape index (κ2) is 13.4. The highest BCUT2D eigenvalue weighted by molar-refractivity contribution is 5.28. The van der Waals surface area contributed by atoms with E-state index in [-0.39, 0.29) is 5.92 Å². The van der Waals surface area contributed by atoms with Crippen LogP contribution in [-0.4, -0.2) is 55.2 Å². The van der Waals surface area contributed by atoms with Gasteiger partial charge in [0.05, 0.1) is 6.42 Å². The van der Waals surface area contributed by atoms with Crippen LogP contribution in [0, 0.1) is 5.92 Å². The fourth-order valence-electron chi connectivity index (χ4n) is 3.99. The lowest BCUT2D eigenvalue weighted by Crippen LogP contribution is -2.51. The van der Waals surface area contributed by atoms with Crippen LogP contribution in [0.1, 0.15) is 77.3 Å². The molecule has 5 heteroatoms. The van der Waals surface area contributed by atoms with Gasteiger partial charge < -0.3 is 4.90 Å². The maximum absolute atomic E-state index is 12.7. The molecule has 0 aliphatic carbocycles. The maximum atomic E-state index is 12.7. The summed E-state index contributed by atoms with van der Waals surface area (Å²) in [5.41, 5.74) is 1.41. The predicted octanol–water partition coefficient (Wildman–Crippen LogP) is 6.75. The molecule has 3 atom stereocenters. The molecule has 0 bridgehead atoms. The molecule has 30 heavy (non-hydrogen) atoms. The third-order valence-electron chi connectivity index (χ3n) is 6.32. The van der Waals surface area contributed by atoms with Gasteiger partial charge in [-0.05, 0) is 36.9 Å². The van der Waals surface area contributed by atoms with Gasteiger partial charge in [0.2, 0.25) is 0 Å². The van der Waals surface area contributed by atoms with Crippen molar-refractivity contribution in [1.29, 1.82) is 0 Å². The summed E-state index contributed by atoms with van der Waals surface area (Å²) in [7, 11) is 2.15. The highest BCUT2D eigenvalue weighted by Crippen LogP contribution is 2.31. The van der Waals surface area contributed by atoms with Crippen LogP contribution < -0.4 is 0 Å². The van der Waals surface area contributed by atoms with E-state index in [0.717, 1.165) is 38.2 Å². The number of hydrogen-bond acceptors (Lipinski definition) is 2.